The van der Waals surface area contributed by atoms with E-state index < -0.39 is 6.10 Å². The second kappa shape index (κ2) is 12.8. The zero-order valence-corrected chi connectivity index (χ0v) is 12.7. The highest BCUT2D eigenvalue weighted by atomic mass is 16.5. The molecule has 0 saturated heterocycles. The number of aliphatic hydroxyl groups is 1. The molecule has 0 aliphatic rings. The summed E-state index contributed by atoms with van der Waals surface area (Å²) in [5.41, 5.74) is 0. The van der Waals surface area contributed by atoms with Gasteiger partial charge in [0, 0.05) is 40.4 Å². The van der Waals surface area contributed by atoms with E-state index in [-0.39, 0.29) is 6.10 Å². The van der Waals surface area contributed by atoms with Gasteiger partial charge in [0.1, 0.15) is 0 Å². The van der Waals surface area contributed by atoms with Crippen molar-refractivity contribution >= 4 is 0 Å². The molecule has 19 heavy (non-hydrogen) atoms. The van der Waals surface area contributed by atoms with Gasteiger partial charge in [0.25, 0.3) is 0 Å². The van der Waals surface area contributed by atoms with Gasteiger partial charge in [-0.05, 0) is 14.0 Å². The van der Waals surface area contributed by atoms with Gasteiger partial charge in [0.2, 0.25) is 0 Å². The molecule has 2 N–H and O–H groups in total. The molecule has 0 radical (unpaired) electrons. The first-order valence-corrected chi connectivity index (χ1v) is 6.77. The number of aliphatic hydroxyl groups excluding tert-OH is 1. The number of hydrogen-bond donors (Lipinski definition) is 2. The fourth-order valence-corrected chi connectivity index (χ4v) is 1.51. The van der Waals surface area contributed by atoms with Crippen molar-refractivity contribution in [2.45, 2.75) is 19.1 Å². The zero-order valence-electron chi connectivity index (χ0n) is 12.7. The Bertz CT molecular complexity index is 195. The third-order valence-corrected chi connectivity index (χ3v) is 2.70. The first-order chi connectivity index (χ1) is 9.10. The van der Waals surface area contributed by atoms with Crippen LogP contribution in [0.5, 0.6) is 0 Å². The minimum absolute atomic E-state index is 0.0137. The normalized spacial score (nSPS) is 14.8. The molecule has 0 heterocycles. The Morgan fingerprint density at radius 2 is 1.89 bits per heavy atom. The first kappa shape index (κ1) is 18.8. The molecule has 0 saturated carbocycles. The molecule has 0 aromatic carbocycles. The van der Waals surface area contributed by atoms with Crippen LogP contribution in [0.4, 0.5) is 0 Å². The largest absolute Gasteiger partial charge is 0.389 e. The molecule has 0 amide bonds. The van der Waals surface area contributed by atoms with Crippen LogP contribution in [0.15, 0.2) is 0 Å². The number of hydrogen-bond acceptors (Lipinski definition) is 6. The van der Waals surface area contributed by atoms with Crippen LogP contribution in [-0.4, -0.2) is 89.5 Å². The maximum atomic E-state index is 9.71. The van der Waals surface area contributed by atoms with Gasteiger partial charge in [-0.2, -0.15) is 0 Å². The molecule has 2 atom stereocenters. The fraction of sp³-hybridized carbons (Fsp3) is 1.00. The van der Waals surface area contributed by atoms with Crippen molar-refractivity contribution < 1.29 is 19.3 Å². The van der Waals surface area contributed by atoms with E-state index in [0.717, 1.165) is 26.2 Å². The lowest BCUT2D eigenvalue weighted by atomic mass is 10.3. The van der Waals surface area contributed by atoms with Gasteiger partial charge in [-0.25, -0.2) is 0 Å². The molecule has 116 valence electrons. The third-order valence-electron chi connectivity index (χ3n) is 2.70. The van der Waals surface area contributed by atoms with E-state index in [4.69, 9.17) is 14.2 Å². The smallest absolute Gasteiger partial charge is 0.0897 e. The summed E-state index contributed by atoms with van der Waals surface area (Å²) in [6.45, 7) is 6.76. The quantitative estimate of drug-likeness (QED) is 0.446. The van der Waals surface area contributed by atoms with Crippen molar-refractivity contribution in [2.75, 3.05) is 67.3 Å². The average Bonchev–Trinajstić information content (AvgIpc) is 2.39. The van der Waals surface area contributed by atoms with E-state index in [1.165, 1.54) is 0 Å². The number of likely N-dealkylation sites (N-methyl/N-ethyl adjacent to an activating group) is 1. The van der Waals surface area contributed by atoms with E-state index in [0.29, 0.717) is 19.8 Å². The van der Waals surface area contributed by atoms with Crippen LogP contribution in [0.2, 0.25) is 0 Å². The third kappa shape index (κ3) is 12.5. The summed E-state index contributed by atoms with van der Waals surface area (Å²) in [5, 5.41) is 12.9. The van der Waals surface area contributed by atoms with E-state index in [2.05, 4.69) is 10.2 Å². The standard InChI is InChI=1S/C13H30N2O4/c1-12(10-18-4)19-11-13(16)9-14-5-6-15(2)7-8-17-3/h12-14,16H,5-11H2,1-4H3. The number of nitrogens with zero attached hydrogens (tertiary/aromatic N) is 1. The predicted molar refractivity (Wildman–Crippen MR) is 75.5 cm³/mol. The number of nitrogens with one attached hydrogen (secondary N) is 1. The molecule has 0 aromatic heterocycles. The molecule has 0 bridgehead atoms. The molecule has 0 aliphatic heterocycles. The van der Waals surface area contributed by atoms with Gasteiger partial charge < -0.3 is 29.5 Å². The summed E-state index contributed by atoms with van der Waals surface area (Å²) in [7, 11) is 5.39. The average molecular weight is 278 g/mol. The van der Waals surface area contributed by atoms with Gasteiger partial charge in [0.15, 0.2) is 0 Å². The van der Waals surface area contributed by atoms with Crippen molar-refractivity contribution in [1.29, 1.82) is 0 Å². The zero-order chi connectivity index (χ0) is 14.5. The first-order valence-electron chi connectivity index (χ1n) is 6.77. The van der Waals surface area contributed by atoms with Crippen LogP contribution >= 0.6 is 0 Å². The monoisotopic (exact) mass is 278 g/mol. The Balaban J connectivity index is 3.40. The van der Waals surface area contributed by atoms with Crippen LogP contribution in [-0.2, 0) is 14.2 Å². The summed E-state index contributed by atoms with van der Waals surface area (Å²) in [6.07, 6.45) is -0.469. The van der Waals surface area contributed by atoms with Crippen molar-refractivity contribution in [2.24, 2.45) is 0 Å². The molecule has 0 rings (SSSR count). The molecule has 6 nitrogen and oxygen atoms in total. The van der Waals surface area contributed by atoms with Crippen LogP contribution < -0.4 is 5.32 Å². The molecular weight excluding hydrogens is 248 g/mol. The Morgan fingerprint density at radius 3 is 2.53 bits per heavy atom. The highest BCUT2D eigenvalue weighted by Gasteiger charge is 2.07. The van der Waals surface area contributed by atoms with Crippen LogP contribution in [0.1, 0.15) is 6.92 Å². The van der Waals surface area contributed by atoms with Crippen molar-refractivity contribution in [3.05, 3.63) is 0 Å². The highest BCUT2D eigenvalue weighted by Crippen LogP contribution is 1.93. The Labute approximate surface area is 117 Å². The highest BCUT2D eigenvalue weighted by molar-refractivity contribution is 4.61. The molecule has 0 aliphatic carbocycles. The lowest BCUT2D eigenvalue weighted by Crippen LogP contribution is -2.37. The molecule has 6 heteroatoms. The molecule has 0 spiro atoms. The SMILES string of the molecule is COCCN(C)CCNCC(O)COC(C)COC. The molecule has 0 aromatic rings. The summed E-state index contributed by atoms with van der Waals surface area (Å²) in [5.74, 6) is 0. The number of methoxy groups -OCH3 is 2. The van der Waals surface area contributed by atoms with Gasteiger partial charge in [-0.15, -0.1) is 0 Å². The van der Waals surface area contributed by atoms with E-state index in [1.54, 1.807) is 14.2 Å². The van der Waals surface area contributed by atoms with Gasteiger partial charge >= 0.3 is 0 Å². The maximum absolute atomic E-state index is 9.71. The number of rotatable bonds is 13. The van der Waals surface area contributed by atoms with Crippen LogP contribution in [0, 0.1) is 0 Å². The lowest BCUT2D eigenvalue weighted by Gasteiger charge is -2.18. The van der Waals surface area contributed by atoms with Crippen molar-refractivity contribution in [1.82, 2.24) is 10.2 Å². The Kier molecular flexibility index (Phi) is 12.6. The van der Waals surface area contributed by atoms with E-state index >= 15 is 0 Å². The summed E-state index contributed by atoms with van der Waals surface area (Å²) < 4.78 is 15.4. The second-order valence-corrected chi connectivity index (χ2v) is 4.75. The Morgan fingerprint density at radius 1 is 1.16 bits per heavy atom. The van der Waals surface area contributed by atoms with Gasteiger partial charge in [0.05, 0.1) is 32.0 Å². The van der Waals surface area contributed by atoms with Crippen molar-refractivity contribution in [3.8, 4) is 0 Å². The molecular formula is C13H30N2O4. The topological polar surface area (TPSA) is 63.2 Å². The predicted octanol–water partition coefficient (Wildman–Crippen LogP) is -0.433. The summed E-state index contributed by atoms with van der Waals surface area (Å²) in [4.78, 5) is 2.18. The minimum Gasteiger partial charge on any atom is -0.389 e. The summed E-state index contributed by atoms with van der Waals surface area (Å²) in [6, 6.07) is 0. The maximum Gasteiger partial charge on any atom is 0.0897 e. The second-order valence-electron chi connectivity index (χ2n) is 4.75. The van der Waals surface area contributed by atoms with E-state index in [9.17, 15) is 5.11 Å². The number of ether oxygens (including phenoxy) is 3. The fourth-order valence-electron chi connectivity index (χ4n) is 1.51. The Hall–Kier alpha value is -0.240. The molecule has 0 fully saturated rings. The lowest BCUT2D eigenvalue weighted by molar-refractivity contribution is -0.0310. The van der Waals surface area contributed by atoms with Gasteiger partial charge in [-0.1, -0.05) is 0 Å². The van der Waals surface area contributed by atoms with Crippen molar-refractivity contribution in [3.63, 3.8) is 0 Å². The molecule has 2 unspecified atom stereocenters. The van der Waals surface area contributed by atoms with Gasteiger partial charge in [-0.3, -0.25) is 0 Å². The van der Waals surface area contributed by atoms with E-state index in [1.807, 2.05) is 14.0 Å². The van der Waals surface area contributed by atoms with Crippen LogP contribution in [0.25, 0.3) is 0 Å². The van der Waals surface area contributed by atoms with Crippen LogP contribution in [0.3, 0.4) is 0 Å². The minimum atomic E-state index is -0.483. The summed E-state index contributed by atoms with van der Waals surface area (Å²) >= 11 is 0.